The highest BCUT2D eigenvalue weighted by atomic mass is 32.2. The van der Waals surface area contributed by atoms with E-state index in [4.69, 9.17) is 0 Å². The van der Waals surface area contributed by atoms with Crippen LogP contribution in [0.1, 0.15) is 23.5 Å². The van der Waals surface area contributed by atoms with Crippen LogP contribution in [0.2, 0.25) is 0 Å². The molecule has 0 spiro atoms. The van der Waals surface area contributed by atoms with Crippen LogP contribution in [0.5, 0.6) is 0 Å². The van der Waals surface area contributed by atoms with E-state index in [0.717, 1.165) is 22.5 Å². The molecule has 0 aliphatic heterocycles. The fraction of sp³-hybridized carbons (Fsp3) is 0.333. The predicted octanol–water partition coefficient (Wildman–Crippen LogP) is 2.42. The Labute approximate surface area is 116 Å². The van der Waals surface area contributed by atoms with Gasteiger partial charge in [0.05, 0.1) is 29.1 Å². The van der Waals surface area contributed by atoms with Gasteiger partial charge in [-0.1, -0.05) is 0 Å². The molecule has 0 saturated heterocycles. The van der Waals surface area contributed by atoms with Gasteiger partial charge in [0.2, 0.25) is 0 Å². The van der Waals surface area contributed by atoms with Crippen LogP contribution in [0.4, 0.5) is 5.69 Å². The average molecular weight is 297 g/mol. The van der Waals surface area contributed by atoms with E-state index in [9.17, 15) is 8.42 Å². The lowest BCUT2D eigenvalue weighted by molar-refractivity contribution is 0.598. The van der Waals surface area contributed by atoms with Gasteiger partial charge >= 0.3 is 0 Å². The number of anilines is 1. The Kier molecular flexibility index (Phi) is 3.86. The van der Waals surface area contributed by atoms with Gasteiger partial charge in [0.15, 0.2) is 14.9 Å². The van der Waals surface area contributed by atoms with Crippen molar-refractivity contribution in [2.45, 2.75) is 24.9 Å². The lowest BCUT2D eigenvalue weighted by Crippen LogP contribution is -2.07. The van der Waals surface area contributed by atoms with Crippen LogP contribution < -0.4 is 5.32 Å². The highest BCUT2D eigenvalue weighted by molar-refractivity contribution is 7.90. The third-order valence-electron chi connectivity index (χ3n) is 2.68. The van der Waals surface area contributed by atoms with Gasteiger partial charge in [-0.2, -0.15) is 0 Å². The maximum atomic E-state index is 11.3. The van der Waals surface area contributed by atoms with Crippen LogP contribution in [0, 0.1) is 6.92 Å². The number of thiazole rings is 1. The molecule has 0 fully saturated rings. The molecule has 0 saturated carbocycles. The number of pyridine rings is 1. The van der Waals surface area contributed by atoms with Crippen molar-refractivity contribution in [3.05, 3.63) is 34.4 Å². The summed E-state index contributed by atoms with van der Waals surface area (Å²) in [5, 5.41) is 3.36. The third kappa shape index (κ3) is 3.30. The molecular weight excluding hydrogens is 282 g/mol. The highest BCUT2D eigenvalue weighted by Crippen LogP contribution is 2.25. The second kappa shape index (κ2) is 5.26. The molecule has 0 aromatic carbocycles. The molecule has 2 aromatic heterocycles. The van der Waals surface area contributed by atoms with Crippen molar-refractivity contribution < 1.29 is 8.42 Å². The maximum Gasteiger partial charge on any atom is 0.192 e. The van der Waals surface area contributed by atoms with Crippen molar-refractivity contribution in [1.29, 1.82) is 0 Å². The molecule has 5 nitrogen and oxygen atoms in total. The molecule has 0 amide bonds. The first kappa shape index (κ1) is 14.0. The third-order valence-corrected chi connectivity index (χ3v) is 4.79. The smallest absolute Gasteiger partial charge is 0.192 e. The molecule has 1 atom stereocenters. The Morgan fingerprint density at radius 1 is 1.32 bits per heavy atom. The Hall–Kier alpha value is -1.47. The number of nitrogens with zero attached hydrogens (tertiary/aromatic N) is 2. The second-order valence-corrected chi connectivity index (χ2v) is 7.17. The van der Waals surface area contributed by atoms with E-state index in [-0.39, 0.29) is 11.1 Å². The summed E-state index contributed by atoms with van der Waals surface area (Å²) < 4.78 is 22.6. The van der Waals surface area contributed by atoms with E-state index in [0.29, 0.717) is 0 Å². The van der Waals surface area contributed by atoms with E-state index >= 15 is 0 Å². The number of hydrogen-bond donors (Lipinski definition) is 1. The summed E-state index contributed by atoms with van der Waals surface area (Å²) in [6.45, 7) is 4.00. The van der Waals surface area contributed by atoms with Gasteiger partial charge in [0.1, 0.15) is 0 Å². The van der Waals surface area contributed by atoms with Crippen LogP contribution in [-0.4, -0.2) is 24.6 Å². The molecule has 0 aliphatic carbocycles. The Balaban J connectivity index is 2.14. The van der Waals surface area contributed by atoms with Gasteiger partial charge in [-0.25, -0.2) is 18.4 Å². The molecule has 7 heteroatoms. The van der Waals surface area contributed by atoms with Crippen molar-refractivity contribution in [2.24, 2.45) is 0 Å². The van der Waals surface area contributed by atoms with Crippen LogP contribution >= 0.6 is 11.3 Å². The average Bonchev–Trinajstić information content (AvgIpc) is 2.75. The summed E-state index contributed by atoms with van der Waals surface area (Å²) in [5.74, 6) is 0. The molecule has 0 aliphatic rings. The summed E-state index contributed by atoms with van der Waals surface area (Å²) in [6, 6.07) is 3.33. The largest absolute Gasteiger partial charge is 0.376 e. The molecular formula is C12H15N3O2S2. The summed E-state index contributed by atoms with van der Waals surface area (Å²) in [7, 11) is -3.24. The van der Waals surface area contributed by atoms with Gasteiger partial charge in [-0.3, -0.25) is 0 Å². The molecule has 1 N–H and O–H groups in total. The zero-order valence-corrected chi connectivity index (χ0v) is 12.5. The Morgan fingerprint density at radius 3 is 2.53 bits per heavy atom. The molecule has 102 valence electrons. The van der Waals surface area contributed by atoms with E-state index in [1.807, 2.05) is 19.4 Å². The summed E-state index contributed by atoms with van der Waals surface area (Å²) >= 11 is 1.59. The van der Waals surface area contributed by atoms with Gasteiger partial charge in [0, 0.05) is 11.1 Å². The molecule has 2 aromatic rings. The van der Waals surface area contributed by atoms with Crippen LogP contribution in [-0.2, 0) is 9.84 Å². The quantitative estimate of drug-likeness (QED) is 0.938. The molecule has 19 heavy (non-hydrogen) atoms. The van der Waals surface area contributed by atoms with E-state index < -0.39 is 9.84 Å². The van der Waals surface area contributed by atoms with Gasteiger partial charge in [0.25, 0.3) is 0 Å². The zero-order chi connectivity index (χ0) is 14.0. The van der Waals surface area contributed by atoms with Crippen molar-refractivity contribution in [1.82, 2.24) is 9.97 Å². The number of sulfone groups is 1. The molecule has 0 bridgehead atoms. The van der Waals surface area contributed by atoms with Gasteiger partial charge in [-0.05, 0) is 26.0 Å². The van der Waals surface area contributed by atoms with Crippen molar-refractivity contribution in [2.75, 3.05) is 11.6 Å². The van der Waals surface area contributed by atoms with E-state index in [1.54, 1.807) is 17.4 Å². The van der Waals surface area contributed by atoms with Crippen molar-refractivity contribution in [3.63, 3.8) is 0 Å². The number of aromatic nitrogens is 2. The fourth-order valence-corrected chi connectivity index (χ4v) is 3.10. The van der Waals surface area contributed by atoms with Crippen LogP contribution in [0.15, 0.2) is 28.9 Å². The first-order chi connectivity index (χ1) is 8.88. The van der Waals surface area contributed by atoms with E-state index in [2.05, 4.69) is 15.3 Å². The normalized spacial score (nSPS) is 13.2. The zero-order valence-electron chi connectivity index (χ0n) is 10.9. The summed E-state index contributed by atoms with van der Waals surface area (Å²) in [4.78, 5) is 9.31. The predicted molar refractivity (Wildman–Crippen MR) is 76.2 cm³/mol. The summed E-state index contributed by atoms with van der Waals surface area (Å²) in [6.07, 6.45) is 2.68. The molecule has 0 radical (unpaired) electrons. The van der Waals surface area contributed by atoms with Crippen LogP contribution in [0.3, 0.4) is 0 Å². The summed E-state index contributed by atoms with van der Waals surface area (Å²) in [5.41, 5.74) is 3.60. The number of aryl methyl sites for hydroxylation is 1. The first-order valence-electron chi connectivity index (χ1n) is 5.70. The first-order valence-corrected chi connectivity index (χ1v) is 8.47. The lowest BCUT2D eigenvalue weighted by atomic mass is 10.2. The molecule has 2 heterocycles. The lowest BCUT2D eigenvalue weighted by Gasteiger charge is -2.14. The molecule has 1 unspecified atom stereocenters. The van der Waals surface area contributed by atoms with Gasteiger partial charge < -0.3 is 5.32 Å². The minimum atomic E-state index is -3.24. The number of hydrogen-bond acceptors (Lipinski definition) is 6. The van der Waals surface area contributed by atoms with Gasteiger partial charge in [-0.15, -0.1) is 11.3 Å². The second-order valence-electron chi connectivity index (χ2n) is 4.33. The number of nitrogens with one attached hydrogen (secondary N) is 1. The van der Waals surface area contributed by atoms with Crippen LogP contribution in [0.25, 0.3) is 0 Å². The van der Waals surface area contributed by atoms with Crippen molar-refractivity contribution >= 4 is 26.9 Å². The Morgan fingerprint density at radius 2 is 2.05 bits per heavy atom. The van der Waals surface area contributed by atoms with Crippen molar-refractivity contribution in [3.8, 4) is 0 Å². The maximum absolute atomic E-state index is 11.3. The SMILES string of the molecule is Cc1ncsc1C(C)Nc1ccc(S(C)(=O)=O)nc1. The Bertz CT molecular complexity index is 663. The standard InChI is InChI=1S/C12H15N3O2S2/c1-8-12(18-7-14-8)9(2)15-10-4-5-11(13-6-10)19(3,16)17/h4-7,9,15H,1-3H3. The number of rotatable bonds is 4. The molecule has 2 rings (SSSR count). The minimum Gasteiger partial charge on any atom is -0.376 e. The fourth-order valence-electron chi connectivity index (χ4n) is 1.73. The minimum absolute atomic E-state index is 0.0830. The monoisotopic (exact) mass is 297 g/mol. The van der Waals surface area contributed by atoms with E-state index in [1.165, 1.54) is 12.3 Å². The topological polar surface area (TPSA) is 72.0 Å². The highest BCUT2D eigenvalue weighted by Gasteiger charge is 2.12.